The van der Waals surface area contributed by atoms with E-state index in [9.17, 15) is 0 Å². The van der Waals surface area contributed by atoms with Crippen molar-refractivity contribution in [1.82, 2.24) is 4.98 Å². The van der Waals surface area contributed by atoms with Gasteiger partial charge in [-0.3, -0.25) is 0 Å². The van der Waals surface area contributed by atoms with Gasteiger partial charge in [0.2, 0.25) is 0 Å². The smallest absolute Gasteiger partial charge is 0.181 e. The van der Waals surface area contributed by atoms with Crippen molar-refractivity contribution < 1.29 is 4.74 Å². The molecular weight excluding hydrogens is 340 g/mol. The fraction of sp³-hybridized carbons (Fsp3) is 0.318. The number of hydrogen-bond acceptors (Lipinski definition) is 4. The summed E-state index contributed by atoms with van der Waals surface area (Å²) in [5.41, 5.74) is 11.8. The quantitative estimate of drug-likeness (QED) is 0.607. The van der Waals surface area contributed by atoms with Gasteiger partial charge in [-0.1, -0.05) is 62.4 Å². The Labute approximate surface area is 159 Å². The van der Waals surface area contributed by atoms with Gasteiger partial charge in [-0.2, -0.15) is 0 Å². The molecule has 0 atom stereocenters. The number of thiazole rings is 1. The van der Waals surface area contributed by atoms with Gasteiger partial charge in [-0.25, -0.2) is 4.98 Å². The fourth-order valence-electron chi connectivity index (χ4n) is 2.92. The van der Waals surface area contributed by atoms with Crippen LogP contribution in [0.25, 0.3) is 21.7 Å². The summed E-state index contributed by atoms with van der Waals surface area (Å²) in [5.74, 6) is 0.872. The minimum atomic E-state index is 0.119. The Bertz CT molecular complexity index is 902. The number of hydrogen-bond donors (Lipinski definition) is 1. The SMILES string of the molecule is Cc1cccc(C)c1-c1nc(N)sc1-c1cccc(OCC(C)(C)C)c1. The first-order chi connectivity index (χ1) is 12.2. The molecule has 1 aromatic heterocycles. The van der Waals surface area contributed by atoms with Crippen LogP contribution >= 0.6 is 11.3 Å². The van der Waals surface area contributed by atoms with Crippen LogP contribution in [-0.2, 0) is 0 Å². The number of aromatic nitrogens is 1. The maximum absolute atomic E-state index is 6.08. The summed E-state index contributed by atoms with van der Waals surface area (Å²) in [6.45, 7) is 11.4. The first-order valence-electron chi connectivity index (χ1n) is 8.81. The summed E-state index contributed by atoms with van der Waals surface area (Å²) in [6.07, 6.45) is 0. The predicted molar refractivity (Wildman–Crippen MR) is 112 cm³/mol. The zero-order valence-corrected chi connectivity index (χ0v) is 16.9. The molecule has 0 bridgehead atoms. The highest BCUT2D eigenvalue weighted by molar-refractivity contribution is 7.19. The number of rotatable bonds is 4. The molecular formula is C22H26N2OS. The first-order valence-corrected chi connectivity index (χ1v) is 9.62. The van der Waals surface area contributed by atoms with Crippen LogP contribution in [0.3, 0.4) is 0 Å². The van der Waals surface area contributed by atoms with Crippen LogP contribution in [0, 0.1) is 19.3 Å². The fourth-order valence-corrected chi connectivity index (χ4v) is 3.75. The zero-order valence-electron chi connectivity index (χ0n) is 16.1. The lowest BCUT2D eigenvalue weighted by Gasteiger charge is -2.19. The van der Waals surface area contributed by atoms with Crippen molar-refractivity contribution in [2.24, 2.45) is 5.41 Å². The van der Waals surface area contributed by atoms with Gasteiger partial charge in [0.05, 0.1) is 17.2 Å². The second kappa shape index (κ2) is 7.12. The highest BCUT2D eigenvalue weighted by Crippen LogP contribution is 2.41. The molecule has 0 fully saturated rings. The lowest BCUT2D eigenvalue weighted by molar-refractivity contribution is 0.198. The maximum Gasteiger partial charge on any atom is 0.181 e. The number of benzene rings is 2. The van der Waals surface area contributed by atoms with E-state index < -0.39 is 0 Å². The molecule has 0 radical (unpaired) electrons. The van der Waals surface area contributed by atoms with E-state index in [1.54, 1.807) is 0 Å². The Hall–Kier alpha value is -2.33. The third-order valence-corrected chi connectivity index (χ3v) is 5.06. The van der Waals surface area contributed by atoms with Gasteiger partial charge < -0.3 is 10.5 Å². The second-order valence-electron chi connectivity index (χ2n) is 7.87. The van der Waals surface area contributed by atoms with Crippen molar-refractivity contribution in [2.45, 2.75) is 34.6 Å². The Balaban J connectivity index is 2.04. The van der Waals surface area contributed by atoms with Gasteiger partial charge in [0.25, 0.3) is 0 Å². The van der Waals surface area contributed by atoms with Crippen LogP contribution in [0.1, 0.15) is 31.9 Å². The summed E-state index contributed by atoms with van der Waals surface area (Å²) in [4.78, 5) is 5.73. The number of nitrogens with two attached hydrogens (primary N) is 1. The normalized spacial score (nSPS) is 11.6. The minimum absolute atomic E-state index is 0.119. The van der Waals surface area contributed by atoms with E-state index in [2.05, 4.69) is 69.9 Å². The van der Waals surface area contributed by atoms with E-state index in [0.29, 0.717) is 11.7 Å². The Morgan fingerprint density at radius 1 is 1.04 bits per heavy atom. The molecule has 0 aliphatic carbocycles. The minimum Gasteiger partial charge on any atom is -0.493 e. The van der Waals surface area contributed by atoms with E-state index in [-0.39, 0.29) is 5.41 Å². The van der Waals surface area contributed by atoms with Gasteiger partial charge in [-0.05, 0) is 48.1 Å². The third kappa shape index (κ3) is 4.07. The predicted octanol–water partition coefficient (Wildman–Crippen LogP) is 6.10. The Morgan fingerprint density at radius 2 is 1.69 bits per heavy atom. The summed E-state index contributed by atoms with van der Waals surface area (Å²) in [5, 5.41) is 0.582. The average Bonchev–Trinajstić information content (AvgIpc) is 2.94. The number of aryl methyl sites for hydroxylation is 2. The van der Waals surface area contributed by atoms with Crippen molar-refractivity contribution in [3.8, 4) is 27.4 Å². The summed E-state index contributed by atoms with van der Waals surface area (Å²) >= 11 is 1.52. The highest BCUT2D eigenvalue weighted by atomic mass is 32.1. The summed E-state index contributed by atoms with van der Waals surface area (Å²) < 4.78 is 5.99. The van der Waals surface area contributed by atoms with E-state index in [1.807, 2.05) is 12.1 Å². The number of anilines is 1. The molecule has 4 heteroatoms. The van der Waals surface area contributed by atoms with Crippen molar-refractivity contribution >= 4 is 16.5 Å². The van der Waals surface area contributed by atoms with Crippen LogP contribution in [0.15, 0.2) is 42.5 Å². The molecule has 3 aromatic rings. The zero-order chi connectivity index (χ0) is 18.9. The molecule has 0 saturated carbocycles. The first kappa shape index (κ1) is 18.5. The van der Waals surface area contributed by atoms with E-state index in [1.165, 1.54) is 22.5 Å². The van der Waals surface area contributed by atoms with Crippen molar-refractivity contribution in [3.63, 3.8) is 0 Å². The van der Waals surface area contributed by atoms with Gasteiger partial charge in [0.1, 0.15) is 5.75 Å². The van der Waals surface area contributed by atoms with Crippen LogP contribution in [0.4, 0.5) is 5.13 Å². The van der Waals surface area contributed by atoms with Crippen molar-refractivity contribution in [2.75, 3.05) is 12.3 Å². The monoisotopic (exact) mass is 366 g/mol. The molecule has 2 aromatic carbocycles. The van der Waals surface area contributed by atoms with E-state index in [4.69, 9.17) is 10.5 Å². The molecule has 3 rings (SSSR count). The molecule has 0 aliphatic heterocycles. The highest BCUT2D eigenvalue weighted by Gasteiger charge is 2.18. The third-order valence-electron chi connectivity index (χ3n) is 4.13. The number of nitrogens with zero attached hydrogens (tertiary/aromatic N) is 1. The van der Waals surface area contributed by atoms with Gasteiger partial charge >= 0.3 is 0 Å². The van der Waals surface area contributed by atoms with Crippen LogP contribution in [0.5, 0.6) is 5.75 Å². The Morgan fingerprint density at radius 3 is 2.35 bits per heavy atom. The van der Waals surface area contributed by atoms with Crippen molar-refractivity contribution in [3.05, 3.63) is 53.6 Å². The summed E-state index contributed by atoms with van der Waals surface area (Å²) in [7, 11) is 0. The molecule has 3 nitrogen and oxygen atoms in total. The molecule has 136 valence electrons. The molecule has 0 saturated heterocycles. The van der Waals surface area contributed by atoms with E-state index >= 15 is 0 Å². The maximum atomic E-state index is 6.08. The molecule has 0 spiro atoms. The molecule has 0 aliphatic rings. The molecule has 0 amide bonds. The van der Waals surface area contributed by atoms with Gasteiger partial charge in [-0.15, -0.1) is 0 Å². The number of ether oxygens (including phenoxy) is 1. The standard InChI is InChI=1S/C22H26N2OS/c1-14-8-6-9-15(2)18(14)19-20(26-21(23)24-19)16-10-7-11-17(12-16)25-13-22(3,4)5/h6-12H,13H2,1-5H3,(H2,23,24). The average molecular weight is 367 g/mol. The van der Waals surface area contributed by atoms with Gasteiger partial charge in [0.15, 0.2) is 5.13 Å². The van der Waals surface area contributed by atoms with Crippen LogP contribution in [0.2, 0.25) is 0 Å². The van der Waals surface area contributed by atoms with Crippen LogP contribution < -0.4 is 10.5 Å². The molecule has 0 unspecified atom stereocenters. The lowest BCUT2D eigenvalue weighted by atomic mass is 9.97. The van der Waals surface area contributed by atoms with E-state index in [0.717, 1.165) is 27.4 Å². The van der Waals surface area contributed by atoms with Crippen molar-refractivity contribution in [1.29, 1.82) is 0 Å². The Kier molecular flexibility index (Phi) is 5.05. The molecule has 2 N–H and O–H groups in total. The lowest BCUT2D eigenvalue weighted by Crippen LogP contribution is -2.16. The largest absolute Gasteiger partial charge is 0.493 e. The summed E-state index contributed by atoms with van der Waals surface area (Å²) in [6, 6.07) is 14.5. The molecule has 26 heavy (non-hydrogen) atoms. The van der Waals surface area contributed by atoms with Crippen LogP contribution in [-0.4, -0.2) is 11.6 Å². The number of nitrogen functional groups attached to an aromatic ring is 1. The topological polar surface area (TPSA) is 48.1 Å². The second-order valence-corrected chi connectivity index (χ2v) is 8.90. The molecule has 1 heterocycles. The van der Waals surface area contributed by atoms with Gasteiger partial charge in [0, 0.05) is 5.56 Å².